The lowest BCUT2D eigenvalue weighted by atomic mass is 10.1. The molecule has 96 valence electrons. The maximum atomic E-state index is 13.1. The SMILES string of the molecule is COC(=O)c1cc(F)c(F)cc1NN=C(C#N)C#N. The van der Waals surface area contributed by atoms with Crippen LogP contribution in [0.25, 0.3) is 0 Å². The molecule has 19 heavy (non-hydrogen) atoms. The number of carbonyl (C=O) groups excluding carboxylic acids is 1. The molecule has 0 aliphatic rings. The Hall–Kier alpha value is -3.00. The van der Waals surface area contributed by atoms with Crippen molar-refractivity contribution < 1.29 is 18.3 Å². The van der Waals surface area contributed by atoms with E-state index in [0.29, 0.717) is 12.1 Å². The van der Waals surface area contributed by atoms with Gasteiger partial charge in [0, 0.05) is 6.07 Å². The maximum absolute atomic E-state index is 13.1. The molecule has 0 amide bonds. The highest BCUT2D eigenvalue weighted by atomic mass is 19.2. The van der Waals surface area contributed by atoms with Gasteiger partial charge in [-0.2, -0.15) is 15.6 Å². The van der Waals surface area contributed by atoms with E-state index in [4.69, 9.17) is 10.5 Å². The summed E-state index contributed by atoms with van der Waals surface area (Å²) in [5, 5.41) is 20.2. The summed E-state index contributed by atoms with van der Waals surface area (Å²) in [7, 11) is 1.06. The number of rotatable bonds is 3. The Balaban J connectivity index is 3.23. The zero-order chi connectivity index (χ0) is 14.4. The molecule has 0 saturated heterocycles. The predicted molar refractivity (Wildman–Crippen MR) is 60.0 cm³/mol. The van der Waals surface area contributed by atoms with Crippen molar-refractivity contribution in [1.29, 1.82) is 10.5 Å². The Bertz CT molecular complexity index is 613. The number of methoxy groups -OCH3 is 1. The Kier molecular flexibility index (Phi) is 4.50. The van der Waals surface area contributed by atoms with E-state index in [1.54, 1.807) is 0 Å². The second kappa shape index (κ2) is 6.07. The van der Waals surface area contributed by atoms with Crippen molar-refractivity contribution in [3.05, 3.63) is 29.3 Å². The molecule has 0 unspecified atom stereocenters. The Morgan fingerprint density at radius 2 is 1.89 bits per heavy atom. The van der Waals surface area contributed by atoms with E-state index in [9.17, 15) is 13.6 Å². The number of nitrogens with one attached hydrogen (secondary N) is 1. The van der Waals surface area contributed by atoms with Crippen LogP contribution in [0, 0.1) is 34.3 Å². The average molecular weight is 264 g/mol. The van der Waals surface area contributed by atoms with E-state index in [1.165, 1.54) is 12.1 Å². The average Bonchev–Trinajstić information content (AvgIpc) is 2.42. The summed E-state index contributed by atoms with van der Waals surface area (Å²) < 4.78 is 30.5. The van der Waals surface area contributed by atoms with Crippen LogP contribution < -0.4 is 5.43 Å². The Morgan fingerprint density at radius 1 is 1.32 bits per heavy atom. The molecule has 1 N–H and O–H groups in total. The first-order valence-corrected chi connectivity index (χ1v) is 4.74. The summed E-state index contributed by atoms with van der Waals surface area (Å²) in [6, 6.07) is 4.19. The molecule has 8 heteroatoms. The monoisotopic (exact) mass is 264 g/mol. The lowest BCUT2D eigenvalue weighted by Gasteiger charge is -2.07. The van der Waals surface area contributed by atoms with Gasteiger partial charge in [0.25, 0.3) is 0 Å². The molecule has 0 aromatic heterocycles. The number of esters is 1. The first-order chi connectivity index (χ1) is 9.03. The Morgan fingerprint density at radius 3 is 2.42 bits per heavy atom. The first-order valence-electron chi connectivity index (χ1n) is 4.74. The van der Waals surface area contributed by atoms with Crippen LogP contribution in [0.1, 0.15) is 10.4 Å². The van der Waals surface area contributed by atoms with Crippen molar-refractivity contribution in [2.75, 3.05) is 12.5 Å². The minimum atomic E-state index is -1.24. The molecule has 1 aromatic carbocycles. The van der Waals surface area contributed by atoms with Crippen molar-refractivity contribution in [3.63, 3.8) is 0 Å². The number of nitriles is 2. The highest BCUT2D eigenvalue weighted by Gasteiger charge is 2.16. The van der Waals surface area contributed by atoms with Crippen molar-refractivity contribution in [2.24, 2.45) is 5.10 Å². The molecule has 0 radical (unpaired) electrons. The van der Waals surface area contributed by atoms with Crippen molar-refractivity contribution in [3.8, 4) is 12.1 Å². The molecule has 1 aromatic rings. The molecule has 0 aliphatic heterocycles. The van der Waals surface area contributed by atoms with Crippen LogP contribution in [0.5, 0.6) is 0 Å². The van der Waals surface area contributed by atoms with Crippen LogP contribution in [0.4, 0.5) is 14.5 Å². The summed E-state index contributed by atoms with van der Waals surface area (Å²) in [5.41, 5.74) is 1.05. The van der Waals surface area contributed by atoms with E-state index in [0.717, 1.165) is 7.11 Å². The number of nitrogens with zero attached hydrogens (tertiary/aromatic N) is 3. The molecule has 0 spiro atoms. The van der Waals surface area contributed by atoms with Crippen molar-refractivity contribution >= 4 is 17.4 Å². The molecule has 0 fully saturated rings. The van der Waals surface area contributed by atoms with Gasteiger partial charge in [-0.15, -0.1) is 0 Å². The fourth-order valence-electron chi connectivity index (χ4n) is 1.11. The predicted octanol–water partition coefficient (Wildman–Crippen LogP) is 1.57. The Labute approximate surface area is 106 Å². The van der Waals surface area contributed by atoms with Crippen molar-refractivity contribution in [1.82, 2.24) is 0 Å². The van der Waals surface area contributed by atoms with Gasteiger partial charge < -0.3 is 4.74 Å². The fourth-order valence-corrected chi connectivity index (χ4v) is 1.11. The zero-order valence-corrected chi connectivity index (χ0v) is 9.57. The smallest absolute Gasteiger partial charge is 0.340 e. The summed E-state index contributed by atoms with van der Waals surface area (Å²) in [5.74, 6) is -3.39. The minimum absolute atomic E-state index is 0.228. The number of carbonyl (C=O) groups is 1. The van der Waals surface area contributed by atoms with Crippen LogP contribution in [0.2, 0.25) is 0 Å². The van der Waals surface area contributed by atoms with Gasteiger partial charge in [0.15, 0.2) is 11.6 Å². The van der Waals surface area contributed by atoms with Gasteiger partial charge in [-0.3, -0.25) is 5.43 Å². The standard InChI is InChI=1S/C11H6F2N4O2/c1-19-11(18)7-2-8(12)9(13)3-10(7)17-16-6(4-14)5-15/h2-3,17H,1H3. The number of hydrogen-bond acceptors (Lipinski definition) is 6. The second-order valence-corrected chi connectivity index (χ2v) is 3.10. The molecule has 0 bridgehead atoms. The molecule has 1 rings (SSSR count). The molecule has 0 atom stereocenters. The molecule has 0 heterocycles. The molecule has 0 aliphatic carbocycles. The van der Waals surface area contributed by atoms with Gasteiger partial charge >= 0.3 is 5.97 Å². The second-order valence-electron chi connectivity index (χ2n) is 3.10. The third-order valence-corrected chi connectivity index (χ3v) is 1.97. The summed E-state index contributed by atoms with van der Waals surface area (Å²) in [6.45, 7) is 0. The molecular formula is C11H6F2N4O2. The topological polar surface area (TPSA) is 98.3 Å². The van der Waals surface area contributed by atoms with Gasteiger partial charge in [-0.25, -0.2) is 13.6 Å². The quantitative estimate of drug-likeness (QED) is 0.507. The fraction of sp³-hybridized carbons (Fsp3) is 0.0909. The number of anilines is 1. The molecule has 6 nitrogen and oxygen atoms in total. The molecule has 0 saturated carbocycles. The van der Waals surface area contributed by atoms with Gasteiger partial charge in [0.05, 0.1) is 18.4 Å². The van der Waals surface area contributed by atoms with E-state index in [2.05, 4.69) is 15.3 Å². The van der Waals surface area contributed by atoms with Crippen LogP contribution in [-0.2, 0) is 4.74 Å². The van der Waals surface area contributed by atoms with Gasteiger partial charge in [-0.1, -0.05) is 0 Å². The lowest BCUT2D eigenvalue weighted by Crippen LogP contribution is -2.08. The maximum Gasteiger partial charge on any atom is 0.340 e. The van der Waals surface area contributed by atoms with Crippen LogP contribution in [0.15, 0.2) is 17.2 Å². The number of hydrazone groups is 1. The van der Waals surface area contributed by atoms with Crippen LogP contribution >= 0.6 is 0 Å². The summed E-state index contributed by atoms with van der Waals surface area (Å²) >= 11 is 0. The van der Waals surface area contributed by atoms with E-state index >= 15 is 0 Å². The largest absolute Gasteiger partial charge is 0.465 e. The zero-order valence-electron chi connectivity index (χ0n) is 9.57. The number of benzene rings is 1. The van der Waals surface area contributed by atoms with Crippen LogP contribution in [-0.4, -0.2) is 18.8 Å². The third kappa shape index (κ3) is 3.23. The number of hydrogen-bond donors (Lipinski definition) is 1. The van der Waals surface area contributed by atoms with Gasteiger partial charge in [0.2, 0.25) is 5.71 Å². The van der Waals surface area contributed by atoms with Crippen molar-refractivity contribution in [2.45, 2.75) is 0 Å². The highest BCUT2D eigenvalue weighted by molar-refractivity contribution is 6.10. The van der Waals surface area contributed by atoms with E-state index < -0.39 is 23.3 Å². The van der Waals surface area contributed by atoms with E-state index in [-0.39, 0.29) is 11.3 Å². The lowest BCUT2D eigenvalue weighted by molar-refractivity contribution is 0.0601. The molecular weight excluding hydrogens is 258 g/mol. The number of halogens is 2. The van der Waals surface area contributed by atoms with Crippen LogP contribution in [0.3, 0.4) is 0 Å². The number of ether oxygens (including phenoxy) is 1. The third-order valence-electron chi connectivity index (χ3n) is 1.97. The van der Waals surface area contributed by atoms with E-state index in [1.807, 2.05) is 0 Å². The first kappa shape index (κ1) is 14.1. The summed E-state index contributed by atoms with van der Waals surface area (Å²) in [4.78, 5) is 11.4. The van der Waals surface area contributed by atoms with Gasteiger partial charge in [-0.05, 0) is 6.07 Å². The minimum Gasteiger partial charge on any atom is -0.465 e. The highest BCUT2D eigenvalue weighted by Crippen LogP contribution is 2.21. The van der Waals surface area contributed by atoms with Gasteiger partial charge in [0.1, 0.15) is 12.1 Å². The normalized spacial score (nSPS) is 8.89. The summed E-state index contributed by atoms with van der Waals surface area (Å²) in [6.07, 6.45) is 0.